The summed E-state index contributed by atoms with van der Waals surface area (Å²) in [4.78, 5) is 11.8. The number of anilines is 1. The summed E-state index contributed by atoms with van der Waals surface area (Å²) < 4.78 is 39.0. The van der Waals surface area contributed by atoms with Crippen molar-refractivity contribution >= 4 is 11.6 Å². The Labute approximate surface area is 102 Å². The van der Waals surface area contributed by atoms with Crippen molar-refractivity contribution in [2.75, 3.05) is 18.4 Å². The van der Waals surface area contributed by atoms with Crippen LogP contribution in [0.5, 0.6) is 0 Å². The molecule has 1 saturated heterocycles. The smallest absolute Gasteiger partial charge is 0.228 e. The molecule has 0 saturated carbocycles. The zero-order valence-electron chi connectivity index (χ0n) is 9.60. The molecule has 1 aliphatic heterocycles. The first-order valence-corrected chi connectivity index (χ1v) is 5.74. The van der Waals surface area contributed by atoms with E-state index in [4.69, 9.17) is 0 Å². The summed E-state index contributed by atoms with van der Waals surface area (Å²) >= 11 is 0. The Morgan fingerprint density at radius 2 is 1.94 bits per heavy atom. The van der Waals surface area contributed by atoms with Crippen LogP contribution in [-0.4, -0.2) is 19.0 Å². The average molecular weight is 258 g/mol. The van der Waals surface area contributed by atoms with Crippen LogP contribution in [0.15, 0.2) is 12.1 Å². The molecule has 0 spiro atoms. The second-order valence-corrected chi connectivity index (χ2v) is 4.28. The molecule has 1 atom stereocenters. The Morgan fingerprint density at radius 3 is 2.61 bits per heavy atom. The van der Waals surface area contributed by atoms with Crippen LogP contribution in [0.2, 0.25) is 0 Å². The fourth-order valence-corrected chi connectivity index (χ4v) is 1.93. The quantitative estimate of drug-likeness (QED) is 0.797. The van der Waals surface area contributed by atoms with Crippen LogP contribution in [0.1, 0.15) is 12.8 Å². The largest absolute Gasteiger partial charge is 0.323 e. The van der Waals surface area contributed by atoms with E-state index in [1.54, 1.807) is 0 Å². The lowest BCUT2D eigenvalue weighted by atomic mass is 9.99. The molecular weight excluding hydrogens is 245 g/mol. The molecular formula is C12H13F3N2O. The van der Waals surface area contributed by atoms with Gasteiger partial charge in [0.2, 0.25) is 5.91 Å². The lowest BCUT2D eigenvalue weighted by molar-refractivity contribution is -0.120. The second-order valence-electron chi connectivity index (χ2n) is 4.28. The van der Waals surface area contributed by atoms with Crippen molar-refractivity contribution in [3.05, 3.63) is 29.6 Å². The van der Waals surface area contributed by atoms with E-state index in [0.717, 1.165) is 13.0 Å². The van der Waals surface area contributed by atoms with Crippen molar-refractivity contribution in [1.29, 1.82) is 0 Å². The van der Waals surface area contributed by atoms with Crippen molar-refractivity contribution < 1.29 is 18.0 Å². The molecule has 98 valence electrons. The van der Waals surface area contributed by atoms with E-state index in [2.05, 4.69) is 10.6 Å². The van der Waals surface area contributed by atoms with Crippen LogP contribution in [0, 0.1) is 23.4 Å². The number of amides is 1. The van der Waals surface area contributed by atoms with Gasteiger partial charge in [-0.05, 0) is 19.4 Å². The molecule has 2 N–H and O–H groups in total. The molecule has 1 aromatic rings. The first kappa shape index (κ1) is 12.9. The summed E-state index contributed by atoms with van der Waals surface area (Å²) in [6, 6.07) is 1.07. The number of rotatable bonds is 2. The van der Waals surface area contributed by atoms with Gasteiger partial charge in [-0.2, -0.15) is 0 Å². The van der Waals surface area contributed by atoms with Gasteiger partial charge >= 0.3 is 0 Å². The molecule has 1 fully saturated rings. The maximum absolute atomic E-state index is 13.3. The molecule has 2 rings (SSSR count). The third kappa shape index (κ3) is 2.81. The Bertz CT molecular complexity index is 459. The van der Waals surface area contributed by atoms with Gasteiger partial charge in [-0.25, -0.2) is 13.2 Å². The maximum Gasteiger partial charge on any atom is 0.228 e. The predicted octanol–water partition coefficient (Wildman–Crippen LogP) is 2.04. The number of carbonyl (C=O) groups is 1. The van der Waals surface area contributed by atoms with Gasteiger partial charge in [0.15, 0.2) is 11.6 Å². The first-order chi connectivity index (χ1) is 8.58. The van der Waals surface area contributed by atoms with Crippen molar-refractivity contribution in [3.63, 3.8) is 0 Å². The van der Waals surface area contributed by atoms with Crippen LogP contribution in [-0.2, 0) is 4.79 Å². The normalized spacial score (nSPS) is 19.6. The SMILES string of the molecule is O=C(Nc1cc(F)c(F)cc1F)[C@H]1CCCNC1. The molecule has 1 amide bonds. The highest BCUT2D eigenvalue weighted by Crippen LogP contribution is 2.20. The van der Waals surface area contributed by atoms with Crippen LogP contribution >= 0.6 is 0 Å². The van der Waals surface area contributed by atoms with E-state index in [1.165, 1.54) is 0 Å². The average Bonchev–Trinajstić information content (AvgIpc) is 2.37. The number of hydrogen-bond acceptors (Lipinski definition) is 2. The van der Waals surface area contributed by atoms with E-state index in [0.29, 0.717) is 25.1 Å². The Morgan fingerprint density at radius 1 is 1.22 bits per heavy atom. The van der Waals surface area contributed by atoms with Gasteiger partial charge in [0.25, 0.3) is 0 Å². The molecule has 0 unspecified atom stereocenters. The Hall–Kier alpha value is -1.56. The number of nitrogens with one attached hydrogen (secondary N) is 2. The third-order valence-electron chi connectivity index (χ3n) is 2.94. The number of hydrogen-bond donors (Lipinski definition) is 2. The summed E-state index contributed by atoms with van der Waals surface area (Å²) in [6.45, 7) is 1.36. The van der Waals surface area contributed by atoms with E-state index in [1.807, 2.05) is 0 Å². The minimum Gasteiger partial charge on any atom is -0.323 e. The minimum absolute atomic E-state index is 0.272. The van der Waals surface area contributed by atoms with Crippen molar-refractivity contribution in [2.24, 2.45) is 5.92 Å². The molecule has 0 radical (unpaired) electrons. The second kappa shape index (κ2) is 5.39. The highest BCUT2D eigenvalue weighted by molar-refractivity contribution is 5.92. The van der Waals surface area contributed by atoms with Gasteiger partial charge in [-0.15, -0.1) is 0 Å². The molecule has 1 aliphatic rings. The van der Waals surface area contributed by atoms with E-state index < -0.39 is 17.5 Å². The topological polar surface area (TPSA) is 41.1 Å². The molecule has 0 bridgehead atoms. The maximum atomic E-state index is 13.3. The van der Waals surface area contributed by atoms with E-state index in [9.17, 15) is 18.0 Å². The zero-order chi connectivity index (χ0) is 13.1. The van der Waals surface area contributed by atoms with Gasteiger partial charge in [0, 0.05) is 18.7 Å². The highest BCUT2D eigenvalue weighted by atomic mass is 19.2. The number of carbonyl (C=O) groups excluding carboxylic acids is 1. The monoisotopic (exact) mass is 258 g/mol. The Balaban J connectivity index is 2.08. The van der Waals surface area contributed by atoms with Crippen molar-refractivity contribution in [1.82, 2.24) is 5.32 Å². The predicted molar refractivity (Wildman–Crippen MR) is 60.5 cm³/mol. The fraction of sp³-hybridized carbons (Fsp3) is 0.417. The van der Waals surface area contributed by atoms with Crippen molar-refractivity contribution in [2.45, 2.75) is 12.8 Å². The van der Waals surface area contributed by atoms with Crippen LogP contribution < -0.4 is 10.6 Å². The summed E-state index contributed by atoms with van der Waals surface area (Å²) in [5.74, 6) is -4.09. The van der Waals surface area contributed by atoms with E-state index >= 15 is 0 Å². The number of halogens is 3. The van der Waals surface area contributed by atoms with Gasteiger partial charge in [-0.1, -0.05) is 0 Å². The first-order valence-electron chi connectivity index (χ1n) is 5.74. The van der Waals surface area contributed by atoms with E-state index in [-0.39, 0.29) is 17.5 Å². The molecule has 0 aromatic heterocycles. The molecule has 1 heterocycles. The zero-order valence-corrected chi connectivity index (χ0v) is 9.60. The van der Waals surface area contributed by atoms with Gasteiger partial charge in [0.05, 0.1) is 11.6 Å². The van der Waals surface area contributed by atoms with Gasteiger partial charge in [-0.3, -0.25) is 4.79 Å². The molecule has 18 heavy (non-hydrogen) atoms. The Kier molecular flexibility index (Phi) is 3.86. The van der Waals surface area contributed by atoms with Crippen LogP contribution in [0.3, 0.4) is 0 Å². The van der Waals surface area contributed by atoms with Crippen molar-refractivity contribution in [3.8, 4) is 0 Å². The highest BCUT2D eigenvalue weighted by Gasteiger charge is 2.22. The third-order valence-corrected chi connectivity index (χ3v) is 2.94. The number of piperidine rings is 1. The lowest BCUT2D eigenvalue weighted by Gasteiger charge is -2.22. The van der Waals surface area contributed by atoms with Gasteiger partial charge in [0.1, 0.15) is 5.82 Å². The molecule has 1 aromatic carbocycles. The summed E-state index contributed by atoms with van der Waals surface area (Å²) in [5, 5.41) is 5.34. The summed E-state index contributed by atoms with van der Waals surface area (Å²) in [5.41, 5.74) is -0.329. The van der Waals surface area contributed by atoms with Crippen LogP contribution in [0.25, 0.3) is 0 Å². The minimum atomic E-state index is -1.27. The van der Waals surface area contributed by atoms with Crippen LogP contribution in [0.4, 0.5) is 18.9 Å². The summed E-state index contributed by atoms with van der Waals surface area (Å²) in [6.07, 6.45) is 1.56. The fourth-order valence-electron chi connectivity index (χ4n) is 1.93. The summed E-state index contributed by atoms with van der Waals surface area (Å²) in [7, 11) is 0. The lowest BCUT2D eigenvalue weighted by Crippen LogP contribution is -2.37. The molecule has 6 heteroatoms. The number of benzene rings is 1. The van der Waals surface area contributed by atoms with Gasteiger partial charge < -0.3 is 10.6 Å². The molecule has 0 aliphatic carbocycles. The standard InChI is InChI=1S/C12H13F3N2O/c13-8-4-10(15)11(5-9(8)14)17-12(18)7-2-1-3-16-6-7/h4-5,7,16H,1-3,6H2,(H,17,18)/t7-/m0/s1. The molecule has 3 nitrogen and oxygen atoms in total.